The normalized spacial score (nSPS) is 21.5. The lowest BCUT2D eigenvalue weighted by Gasteiger charge is -2.33. The van der Waals surface area contributed by atoms with E-state index in [1.807, 2.05) is 0 Å². The van der Waals surface area contributed by atoms with Gasteiger partial charge < -0.3 is 15.1 Å². The lowest BCUT2D eigenvalue weighted by molar-refractivity contribution is -0.128. The highest BCUT2D eigenvalue weighted by Crippen LogP contribution is 2.35. The van der Waals surface area contributed by atoms with Crippen LogP contribution in [0.2, 0.25) is 10.0 Å². The van der Waals surface area contributed by atoms with Crippen molar-refractivity contribution in [1.29, 1.82) is 0 Å². The molecule has 2 amide bonds. The van der Waals surface area contributed by atoms with Crippen molar-refractivity contribution >= 4 is 57.6 Å². The topological polar surface area (TPSA) is 65.0 Å². The number of benzene rings is 1. The molecule has 0 aromatic heterocycles. The van der Waals surface area contributed by atoms with Gasteiger partial charge in [-0.15, -0.1) is 0 Å². The molecule has 1 aromatic carbocycles. The van der Waals surface area contributed by atoms with E-state index in [9.17, 15) is 9.59 Å². The number of likely N-dealkylation sites (N-methyl/N-ethyl adjacent to an activating group) is 1. The fourth-order valence-corrected chi connectivity index (χ4v) is 3.94. The summed E-state index contributed by atoms with van der Waals surface area (Å²) in [5.41, 5.74) is 0.391. The van der Waals surface area contributed by atoms with Gasteiger partial charge in [0.1, 0.15) is 5.69 Å². The first-order valence-corrected chi connectivity index (χ1v) is 9.80. The maximum Gasteiger partial charge on any atom is 0.264 e. The highest BCUT2D eigenvalue weighted by molar-refractivity contribution is 8.18. The SMILES string of the molecule is CCN1CCN(C(=O)/C=C2\SC(=Nc3c(Cl)cccc3Cl)NC2=O)CC1. The van der Waals surface area contributed by atoms with Crippen molar-refractivity contribution in [2.75, 3.05) is 32.7 Å². The van der Waals surface area contributed by atoms with E-state index in [-0.39, 0.29) is 11.8 Å². The van der Waals surface area contributed by atoms with Crippen LogP contribution in [0.5, 0.6) is 0 Å². The molecule has 1 aromatic rings. The van der Waals surface area contributed by atoms with Crippen LogP contribution in [0.15, 0.2) is 34.2 Å². The quantitative estimate of drug-likeness (QED) is 0.775. The van der Waals surface area contributed by atoms with Crippen LogP contribution in [0, 0.1) is 0 Å². The third kappa shape index (κ3) is 4.40. The summed E-state index contributed by atoms with van der Waals surface area (Å²) in [6.07, 6.45) is 1.37. The zero-order chi connectivity index (χ0) is 18.7. The number of nitrogens with one attached hydrogen (secondary N) is 1. The Balaban J connectivity index is 1.70. The van der Waals surface area contributed by atoms with Crippen LogP contribution in [0.3, 0.4) is 0 Å². The molecule has 0 radical (unpaired) electrons. The maximum absolute atomic E-state index is 12.4. The number of piperazine rings is 1. The third-order valence-electron chi connectivity index (χ3n) is 4.19. The highest BCUT2D eigenvalue weighted by Gasteiger charge is 2.27. The lowest BCUT2D eigenvalue weighted by atomic mass is 10.3. The number of para-hydroxylation sites is 1. The van der Waals surface area contributed by atoms with Crippen molar-refractivity contribution in [2.24, 2.45) is 4.99 Å². The molecule has 2 fully saturated rings. The Bertz CT molecular complexity index is 769. The van der Waals surface area contributed by atoms with Gasteiger partial charge in [0.2, 0.25) is 5.91 Å². The molecular formula is C17H18Cl2N4O2S. The number of nitrogens with zero attached hydrogens (tertiary/aromatic N) is 3. The van der Waals surface area contributed by atoms with Crippen molar-refractivity contribution in [2.45, 2.75) is 6.92 Å². The third-order valence-corrected chi connectivity index (χ3v) is 5.71. The molecule has 0 bridgehead atoms. The van der Waals surface area contributed by atoms with Crippen molar-refractivity contribution in [3.8, 4) is 0 Å². The van der Waals surface area contributed by atoms with Crippen LogP contribution < -0.4 is 5.32 Å². The average molecular weight is 413 g/mol. The Kier molecular flexibility index (Phi) is 6.24. The molecule has 0 aliphatic carbocycles. The van der Waals surface area contributed by atoms with Gasteiger partial charge in [0, 0.05) is 32.3 Å². The Hall–Kier alpha value is -1.54. The zero-order valence-corrected chi connectivity index (χ0v) is 16.5. The van der Waals surface area contributed by atoms with Crippen LogP contribution >= 0.6 is 35.0 Å². The molecule has 2 aliphatic heterocycles. The largest absolute Gasteiger partial charge is 0.337 e. The molecule has 6 nitrogen and oxygen atoms in total. The van der Waals surface area contributed by atoms with Crippen LogP contribution in [0.25, 0.3) is 0 Å². The number of carbonyl (C=O) groups excluding carboxylic acids is 2. The van der Waals surface area contributed by atoms with Gasteiger partial charge in [-0.2, -0.15) is 0 Å². The fourth-order valence-electron chi connectivity index (χ4n) is 2.67. The van der Waals surface area contributed by atoms with Gasteiger partial charge in [0.25, 0.3) is 5.91 Å². The Morgan fingerprint density at radius 1 is 1.27 bits per heavy atom. The van der Waals surface area contributed by atoms with Gasteiger partial charge in [0.15, 0.2) is 5.17 Å². The van der Waals surface area contributed by atoms with Crippen LogP contribution in [0.1, 0.15) is 6.92 Å². The van der Waals surface area contributed by atoms with E-state index in [1.165, 1.54) is 6.08 Å². The lowest BCUT2D eigenvalue weighted by Crippen LogP contribution is -2.48. The Morgan fingerprint density at radius 2 is 1.92 bits per heavy atom. The molecule has 2 aliphatic rings. The molecule has 2 saturated heterocycles. The smallest absolute Gasteiger partial charge is 0.264 e. The molecule has 0 unspecified atom stereocenters. The number of hydrogen-bond donors (Lipinski definition) is 1. The van der Waals surface area contributed by atoms with Crippen molar-refractivity contribution in [3.63, 3.8) is 0 Å². The number of amidine groups is 1. The van der Waals surface area contributed by atoms with E-state index in [0.29, 0.717) is 38.9 Å². The van der Waals surface area contributed by atoms with Crippen LogP contribution in [-0.2, 0) is 9.59 Å². The van der Waals surface area contributed by atoms with E-state index < -0.39 is 0 Å². The van der Waals surface area contributed by atoms with Crippen LogP contribution in [-0.4, -0.2) is 59.5 Å². The molecule has 138 valence electrons. The van der Waals surface area contributed by atoms with E-state index in [0.717, 1.165) is 31.4 Å². The number of hydrogen-bond acceptors (Lipinski definition) is 5. The minimum Gasteiger partial charge on any atom is -0.337 e. The first-order valence-electron chi connectivity index (χ1n) is 8.22. The number of thioether (sulfide) groups is 1. The van der Waals surface area contributed by atoms with Gasteiger partial charge in [-0.25, -0.2) is 4.99 Å². The summed E-state index contributed by atoms with van der Waals surface area (Å²) in [7, 11) is 0. The second kappa shape index (κ2) is 8.43. The summed E-state index contributed by atoms with van der Waals surface area (Å²) in [5, 5.41) is 3.77. The molecule has 0 atom stereocenters. The van der Waals surface area contributed by atoms with E-state index in [4.69, 9.17) is 23.2 Å². The van der Waals surface area contributed by atoms with Gasteiger partial charge in [0.05, 0.1) is 15.0 Å². The second-order valence-electron chi connectivity index (χ2n) is 5.81. The molecular weight excluding hydrogens is 395 g/mol. The van der Waals surface area contributed by atoms with E-state index in [1.54, 1.807) is 23.1 Å². The van der Waals surface area contributed by atoms with Gasteiger partial charge >= 0.3 is 0 Å². The number of aliphatic imine (C=N–C) groups is 1. The summed E-state index contributed by atoms with van der Waals surface area (Å²) in [5.74, 6) is -0.507. The molecule has 9 heteroatoms. The predicted molar refractivity (Wildman–Crippen MR) is 106 cm³/mol. The fraction of sp³-hybridized carbons (Fsp3) is 0.353. The molecule has 0 spiro atoms. The van der Waals surface area contributed by atoms with Crippen LogP contribution in [0.4, 0.5) is 5.69 Å². The minimum absolute atomic E-state index is 0.157. The number of rotatable bonds is 3. The monoisotopic (exact) mass is 412 g/mol. The summed E-state index contributed by atoms with van der Waals surface area (Å²) in [4.78, 5) is 33.2. The summed E-state index contributed by atoms with van der Waals surface area (Å²) in [6, 6.07) is 5.06. The minimum atomic E-state index is -0.350. The van der Waals surface area contributed by atoms with Crippen molar-refractivity contribution in [1.82, 2.24) is 15.1 Å². The molecule has 0 saturated carbocycles. The average Bonchev–Trinajstić information content (AvgIpc) is 2.97. The summed E-state index contributed by atoms with van der Waals surface area (Å²) < 4.78 is 0. The number of carbonyl (C=O) groups is 2. The summed E-state index contributed by atoms with van der Waals surface area (Å²) in [6.45, 7) is 6.11. The number of halogens is 2. The first kappa shape index (κ1) is 19.2. The van der Waals surface area contributed by atoms with Gasteiger partial charge in [-0.1, -0.05) is 36.2 Å². The standard InChI is InChI=1S/C17H18Cl2N4O2S/c1-2-22-6-8-23(9-7-22)14(24)10-13-16(25)21-17(26-13)20-15-11(18)4-3-5-12(15)19/h3-5,10H,2,6-9H2,1H3,(H,20,21,25)/b13-10-. The Morgan fingerprint density at radius 3 is 2.54 bits per heavy atom. The predicted octanol–water partition coefficient (Wildman–Crippen LogP) is 2.89. The maximum atomic E-state index is 12.4. The van der Waals surface area contributed by atoms with E-state index >= 15 is 0 Å². The first-order chi connectivity index (χ1) is 12.5. The Labute approximate surface area is 166 Å². The van der Waals surface area contributed by atoms with Crippen molar-refractivity contribution < 1.29 is 9.59 Å². The molecule has 3 rings (SSSR count). The second-order valence-corrected chi connectivity index (χ2v) is 7.66. The van der Waals surface area contributed by atoms with Gasteiger partial charge in [-0.3, -0.25) is 9.59 Å². The van der Waals surface area contributed by atoms with Crippen molar-refractivity contribution in [3.05, 3.63) is 39.2 Å². The molecule has 26 heavy (non-hydrogen) atoms. The summed E-state index contributed by atoms with van der Waals surface area (Å²) >= 11 is 13.3. The van der Waals surface area contributed by atoms with E-state index in [2.05, 4.69) is 22.1 Å². The zero-order valence-electron chi connectivity index (χ0n) is 14.2. The number of amides is 2. The molecule has 2 heterocycles. The highest BCUT2D eigenvalue weighted by atomic mass is 35.5. The molecule has 1 N–H and O–H groups in total. The van der Waals surface area contributed by atoms with Gasteiger partial charge in [-0.05, 0) is 30.4 Å².